The van der Waals surface area contributed by atoms with Gasteiger partial charge in [-0.15, -0.1) is 0 Å². The van der Waals surface area contributed by atoms with Crippen molar-refractivity contribution in [3.8, 4) is 0 Å². The zero-order valence-corrected chi connectivity index (χ0v) is 8.92. The highest BCUT2D eigenvalue weighted by atomic mass is 16.3. The Hall–Kier alpha value is -0.610. The van der Waals surface area contributed by atoms with E-state index in [0.29, 0.717) is 0 Å². The van der Waals surface area contributed by atoms with Crippen LogP contribution in [0.4, 0.5) is 0 Å². The van der Waals surface area contributed by atoms with Crippen LogP contribution >= 0.6 is 0 Å². The molecular weight excluding hydrogens is 180 g/mol. The third kappa shape index (κ3) is 2.07. The molecule has 0 aliphatic heterocycles. The first-order valence-electron chi connectivity index (χ1n) is 5.18. The van der Waals surface area contributed by atoms with Crippen molar-refractivity contribution in [1.29, 1.82) is 0 Å². The van der Waals surface area contributed by atoms with Crippen LogP contribution in [-0.4, -0.2) is 29.7 Å². The number of aliphatic hydroxyl groups is 1. The minimum absolute atomic E-state index is 0.0240. The number of carbonyl (C=O) groups excluding carboxylic acids is 1. The fourth-order valence-corrected chi connectivity index (χ4v) is 1.91. The summed E-state index contributed by atoms with van der Waals surface area (Å²) in [7, 11) is 0. The molecule has 4 N–H and O–H groups in total. The number of carbonyl (C=O) groups is 1. The maximum Gasteiger partial charge on any atom is 0.227 e. The summed E-state index contributed by atoms with van der Waals surface area (Å²) in [6.45, 7) is 3.66. The molecule has 0 saturated heterocycles. The standard InChI is InChI=1S/C10H20N2O2/c1-7(6-13)12-9(14)10(2)5-3-4-8(10)11/h7-8,13H,3-6,11H2,1-2H3,(H,12,14). The normalized spacial score (nSPS) is 34.1. The number of aliphatic hydroxyl groups excluding tert-OH is 1. The lowest BCUT2D eigenvalue weighted by Gasteiger charge is -2.28. The van der Waals surface area contributed by atoms with E-state index in [-0.39, 0.29) is 24.6 Å². The van der Waals surface area contributed by atoms with Crippen molar-refractivity contribution in [1.82, 2.24) is 5.32 Å². The van der Waals surface area contributed by atoms with Crippen molar-refractivity contribution < 1.29 is 9.90 Å². The van der Waals surface area contributed by atoms with Gasteiger partial charge in [-0.3, -0.25) is 4.79 Å². The monoisotopic (exact) mass is 200 g/mol. The van der Waals surface area contributed by atoms with Gasteiger partial charge < -0.3 is 16.2 Å². The molecule has 1 aliphatic carbocycles. The molecule has 0 aromatic heterocycles. The van der Waals surface area contributed by atoms with Gasteiger partial charge in [-0.25, -0.2) is 0 Å². The van der Waals surface area contributed by atoms with E-state index < -0.39 is 5.41 Å². The largest absolute Gasteiger partial charge is 0.394 e. The molecule has 0 bridgehead atoms. The Bertz CT molecular complexity index is 220. The topological polar surface area (TPSA) is 75.3 Å². The van der Waals surface area contributed by atoms with Crippen molar-refractivity contribution >= 4 is 5.91 Å². The van der Waals surface area contributed by atoms with Gasteiger partial charge in [0.25, 0.3) is 0 Å². The molecule has 0 radical (unpaired) electrons. The Morgan fingerprint density at radius 1 is 1.79 bits per heavy atom. The molecule has 82 valence electrons. The third-order valence-electron chi connectivity index (χ3n) is 3.20. The van der Waals surface area contributed by atoms with Gasteiger partial charge in [-0.05, 0) is 26.7 Å². The molecule has 1 saturated carbocycles. The van der Waals surface area contributed by atoms with E-state index in [9.17, 15) is 4.79 Å². The SMILES string of the molecule is CC(CO)NC(=O)C1(C)CCCC1N. The van der Waals surface area contributed by atoms with Gasteiger partial charge in [0.2, 0.25) is 5.91 Å². The van der Waals surface area contributed by atoms with Crippen molar-refractivity contribution in [2.45, 2.75) is 45.2 Å². The lowest BCUT2D eigenvalue weighted by Crippen LogP contribution is -2.50. The van der Waals surface area contributed by atoms with Crippen LogP contribution in [-0.2, 0) is 4.79 Å². The average molecular weight is 200 g/mol. The summed E-state index contributed by atoms with van der Waals surface area (Å²) in [6, 6.07) is -0.236. The first-order valence-corrected chi connectivity index (χ1v) is 5.18. The summed E-state index contributed by atoms with van der Waals surface area (Å²) in [5.41, 5.74) is 5.47. The zero-order valence-electron chi connectivity index (χ0n) is 8.92. The predicted octanol–water partition coefficient (Wildman–Crippen LogP) is 0.000900. The molecule has 1 amide bonds. The number of hydrogen-bond acceptors (Lipinski definition) is 3. The highest BCUT2D eigenvalue weighted by Crippen LogP contribution is 2.36. The molecule has 1 rings (SSSR count). The van der Waals surface area contributed by atoms with Crippen LogP contribution in [0.2, 0.25) is 0 Å². The third-order valence-corrected chi connectivity index (χ3v) is 3.20. The van der Waals surface area contributed by atoms with Crippen LogP contribution in [0.15, 0.2) is 0 Å². The summed E-state index contributed by atoms with van der Waals surface area (Å²) < 4.78 is 0. The molecule has 1 aliphatic rings. The lowest BCUT2D eigenvalue weighted by molar-refractivity contribution is -0.131. The summed E-state index contributed by atoms with van der Waals surface area (Å²) in [6.07, 6.45) is 2.77. The lowest BCUT2D eigenvalue weighted by atomic mass is 9.84. The van der Waals surface area contributed by atoms with E-state index in [4.69, 9.17) is 10.8 Å². The molecular formula is C10H20N2O2. The molecule has 0 spiro atoms. The van der Waals surface area contributed by atoms with E-state index in [1.54, 1.807) is 6.92 Å². The zero-order chi connectivity index (χ0) is 10.8. The van der Waals surface area contributed by atoms with Crippen LogP contribution in [0.5, 0.6) is 0 Å². The molecule has 3 unspecified atom stereocenters. The van der Waals surface area contributed by atoms with Gasteiger partial charge in [-0.2, -0.15) is 0 Å². The van der Waals surface area contributed by atoms with E-state index >= 15 is 0 Å². The summed E-state index contributed by atoms with van der Waals surface area (Å²) in [5.74, 6) is -0.0240. The van der Waals surface area contributed by atoms with Crippen molar-refractivity contribution in [2.75, 3.05) is 6.61 Å². The van der Waals surface area contributed by atoms with Gasteiger partial charge in [0, 0.05) is 12.1 Å². The second-order valence-corrected chi connectivity index (χ2v) is 4.47. The van der Waals surface area contributed by atoms with Gasteiger partial charge in [0.1, 0.15) is 0 Å². The van der Waals surface area contributed by atoms with E-state index in [2.05, 4.69) is 5.32 Å². The Labute approximate surface area is 84.9 Å². The summed E-state index contributed by atoms with van der Waals surface area (Å²) in [5, 5.41) is 11.6. The first kappa shape index (κ1) is 11.5. The van der Waals surface area contributed by atoms with Gasteiger partial charge >= 0.3 is 0 Å². The van der Waals surface area contributed by atoms with Crippen LogP contribution in [0.25, 0.3) is 0 Å². The molecule has 0 aromatic rings. The Morgan fingerprint density at radius 3 is 2.86 bits per heavy atom. The molecule has 1 fully saturated rings. The average Bonchev–Trinajstić information content (AvgIpc) is 2.48. The minimum atomic E-state index is -0.441. The molecule has 4 nitrogen and oxygen atoms in total. The number of amides is 1. The second-order valence-electron chi connectivity index (χ2n) is 4.47. The smallest absolute Gasteiger partial charge is 0.227 e. The number of rotatable bonds is 3. The van der Waals surface area contributed by atoms with Gasteiger partial charge in [-0.1, -0.05) is 6.42 Å². The highest BCUT2D eigenvalue weighted by Gasteiger charge is 2.43. The number of nitrogens with two attached hydrogens (primary N) is 1. The second kappa shape index (κ2) is 4.28. The van der Waals surface area contributed by atoms with Crippen LogP contribution in [0.3, 0.4) is 0 Å². The Kier molecular flexibility index (Phi) is 3.50. The van der Waals surface area contributed by atoms with Crippen molar-refractivity contribution in [3.05, 3.63) is 0 Å². The van der Waals surface area contributed by atoms with Crippen LogP contribution in [0, 0.1) is 5.41 Å². The van der Waals surface area contributed by atoms with E-state index in [1.165, 1.54) is 0 Å². The molecule has 3 atom stereocenters. The quantitative estimate of drug-likeness (QED) is 0.600. The fraction of sp³-hybridized carbons (Fsp3) is 0.900. The first-order chi connectivity index (χ1) is 6.50. The Balaban J connectivity index is 2.59. The summed E-state index contributed by atoms with van der Waals surface area (Å²) in [4.78, 5) is 11.8. The predicted molar refractivity (Wildman–Crippen MR) is 54.6 cm³/mol. The fourth-order valence-electron chi connectivity index (χ4n) is 1.91. The van der Waals surface area contributed by atoms with Gasteiger partial charge in [0.05, 0.1) is 12.0 Å². The van der Waals surface area contributed by atoms with Crippen molar-refractivity contribution in [3.63, 3.8) is 0 Å². The van der Waals surface area contributed by atoms with Crippen LogP contribution in [0.1, 0.15) is 33.1 Å². The Morgan fingerprint density at radius 2 is 2.43 bits per heavy atom. The number of nitrogens with one attached hydrogen (secondary N) is 1. The molecule has 4 heteroatoms. The molecule has 14 heavy (non-hydrogen) atoms. The van der Waals surface area contributed by atoms with E-state index in [0.717, 1.165) is 19.3 Å². The maximum absolute atomic E-state index is 11.8. The minimum Gasteiger partial charge on any atom is -0.394 e. The molecule has 0 heterocycles. The maximum atomic E-state index is 11.8. The van der Waals surface area contributed by atoms with E-state index in [1.807, 2.05) is 6.92 Å². The summed E-state index contributed by atoms with van der Waals surface area (Å²) >= 11 is 0. The number of hydrogen-bond donors (Lipinski definition) is 3. The van der Waals surface area contributed by atoms with Crippen LogP contribution < -0.4 is 11.1 Å². The van der Waals surface area contributed by atoms with Gasteiger partial charge in [0.15, 0.2) is 0 Å². The molecule has 0 aromatic carbocycles. The van der Waals surface area contributed by atoms with Crippen molar-refractivity contribution in [2.24, 2.45) is 11.1 Å². The highest BCUT2D eigenvalue weighted by molar-refractivity contribution is 5.83.